The number of rotatable bonds is 3. The lowest BCUT2D eigenvalue weighted by atomic mass is 10.2. The second-order valence-corrected chi connectivity index (χ2v) is 6.22. The number of carbonyl (C=O) groups excluding carboxylic acids is 1. The number of aryl methyl sites for hydroxylation is 1. The van der Waals surface area contributed by atoms with E-state index in [0.717, 1.165) is 22.3 Å². The highest BCUT2D eigenvalue weighted by molar-refractivity contribution is 6.10. The minimum absolute atomic E-state index is 0.227. The zero-order chi connectivity index (χ0) is 18.1. The van der Waals surface area contributed by atoms with Crippen LogP contribution in [0.2, 0.25) is 0 Å². The van der Waals surface area contributed by atoms with E-state index in [2.05, 4.69) is 0 Å². The number of hydrogen-bond donors (Lipinski definition) is 1. The first-order valence-corrected chi connectivity index (χ1v) is 8.37. The van der Waals surface area contributed by atoms with Crippen LogP contribution in [0.15, 0.2) is 83.3 Å². The Labute approximate surface area is 151 Å². The number of anilines is 3. The van der Waals surface area contributed by atoms with E-state index in [4.69, 9.17) is 10.2 Å². The molecule has 0 radical (unpaired) electrons. The predicted octanol–water partition coefficient (Wildman–Crippen LogP) is 5.30. The van der Waals surface area contributed by atoms with Crippen LogP contribution in [0.5, 0.6) is 0 Å². The molecule has 4 heteroatoms. The second-order valence-electron chi connectivity index (χ2n) is 6.22. The Morgan fingerprint density at radius 3 is 2.31 bits per heavy atom. The molecule has 128 valence electrons. The predicted molar refractivity (Wildman–Crippen MR) is 105 cm³/mol. The van der Waals surface area contributed by atoms with Crippen molar-refractivity contribution in [3.8, 4) is 0 Å². The van der Waals surface area contributed by atoms with Crippen LogP contribution in [0.3, 0.4) is 0 Å². The van der Waals surface area contributed by atoms with Crippen molar-refractivity contribution in [2.75, 3.05) is 10.6 Å². The molecule has 1 aromatic heterocycles. The van der Waals surface area contributed by atoms with Crippen molar-refractivity contribution in [1.82, 2.24) is 0 Å². The van der Waals surface area contributed by atoms with Gasteiger partial charge in [-0.25, -0.2) is 0 Å². The second kappa shape index (κ2) is 6.41. The highest BCUT2D eigenvalue weighted by atomic mass is 16.3. The minimum Gasteiger partial charge on any atom is -0.451 e. The normalized spacial score (nSPS) is 10.8. The van der Waals surface area contributed by atoms with Crippen LogP contribution in [0.1, 0.15) is 16.1 Å². The first-order valence-electron chi connectivity index (χ1n) is 8.37. The number of nitrogens with zero attached hydrogens (tertiary/aromatic N) is 1. The molecule has 1 amide bonds. The molecule has 4 aromatic rings. The molecule has 0 aliphatic carbocycles. The van der Waals surface area contributed by atoms with Gasteiger partial charge in [0.25, 0.3) is 5.91 Å². The molecule has 0 aliphatic rings. The van der Waals surface area contributed by atoms with Gasteiger partial charge in [-0.2, -0.15) is 0 Å². The van der Waals surface area contributed by atoms with E-state index in [1.165, 1.54) is 0 Å². The van der Waals surface area contributed by atoms with Gasteiger partial charge in [-0.05, 0) is 61.0 Å². The van der Waals surface area contributed by atoms with Gasteiger partial charge in [-0.1, -0.05) is 30.3 Å². The summed E-state index contributed by atoms with van der Waals surface area (Å²) in [6, 6.07) is 24.4. The van der Waals surface area contributed by atoms with E-state index in [-0.39, 0.29) is 5.91 Å². The summed E-state index contributed by atoms with van der Waals surface area (Å²) in [4.78, 5) is 14.9. The van der Waals surface area contributed by atoms with Crippen molar-refractivity contribution in [3.05, 3.63) is 90.2 Å². The van der Waals surface area contributed by atoms with Crippen LogP contribution < -0.4 is 10.6 Å². The van der Waals surface area contributed by atoms with Crippen LogP contribution in [0.4, 0.5) is 17.1 Å². The van der Waals surface area contributed by atoms with Gasteiger partial charge in [0, 0.05) is 22.4 Å². The van der Waals surface area contributed by atoms with E-state index < -0.39 is 0 Å². The number of carbonyl (C=O) groups is 1. The fourth-order valence-electron chi connectivity index (χ4n) is 2.94. The monoisotopic (exact) mass is 342 g/mol. The molecule has 3 aromatic carbocycles. The Balaban J connectivity index is 1.81. The molecule has 4 nitrogen and oxygen atoms in total. The van der Waals surface area contributed by atoms with Crippen LogP contribution >= 0.6 is 0 Å². The van der Waals surface area contributed by atoms with Gasteiger partial charge in [0.05, 0.1) is 0 Å². The fourth-order valence-corrected chi connectivity index (χ4v) is 2.94. The third-order valence-electron chi connectivity index (χ3n) is 4.26. The lowest BCUT2D eigenvalue weighted by molar-refractivity contribution is 0.0975. The van der Waals surface area contributed by atoms with Crippen LogP contribution in [0, 0.1) is 6.92 Å². The van der Waals surface area contributed by atoms with Crippen molar-refractivity contribution < 1.29 is 9.21 Å². The summed E-state index contributed by atoms with van der Waals surface area (Å²) >= 11 is 0. The van der Waals surface area contributed by atoms with E-state index in [1.807, 2.05) is 67.6 Å². The number of benzene rings is 3. The van der Waals surface area contributed by atoms with E-state index in [9.17, 15) is 4.79 Å². The third kappa shape index (κ3) is 2.93. The Morgan fingerprint density at radius 2 is 1.58 bits per heavy atom. The molecule has 0 fully saturated rings. The van der Waals surface area contributed by atoms with E-state index >= 15 is 0 Å². The quantitative estimate of drug-likeness (QED) is 0.514. The highest BCUT2D eigenvalue weighted by Crippen LogP contribution is 2.30. The molecule has 0 spiro atoms. The molecule has 4 rings (SSSR count). The van der Waals surface area contributed by atoms with Crippen LogP contribution in [-0.2, 0) is 0 Å². The molecule has 0 aliphatic heterocycles. The van der Waals surface area contributed by atoms with Crippen molar-refractivity contribution in [2.24, 2.45) is 0 Å². The fraction of sp³-hybridized carbons (Fsp3) is 0.0455. The Hall–Kier alpha value is -3.53. The molecule has 26 heavy (non-hydrogen) atoms. The highest BCUT2D eigenvalue weighted by Gasteiger charge is 2.23. The summed E-state index contributed by atoms with van der Waals surface area (Å²) in [5.41, 5.74) is 9.73. The van der Waals surface area contributed by atoms with Gasteiger partial charge < -0.3 is 10.2 Å². The van der Waals surface area contributed by atoms with E-state index in [0.29, 0.717) is 17.0 Å². The van der Waals surface area contributed by atoms with Gasteiger partial charge in [-0.3, -0.25) is 9.69 Å². The molecule has 1 heterocycles. The maximum absolute atomic E-state index is 13.3. The average molecular weight is 342 g/mol. The van der Waals surface area contributed by atoms with Crippen molar-refractivity contribution in [1.29, 1.82) is 0 Å². The number of furan rings is 1. The molecule has 0 saturated heterocycles. The van der Waals surface area contributed by atoms with Crippen LogP contribution in [0.25, 0.3) is 11.0 Å². The van der Waals surface area contributed by atoms with Crippen LogP contribution in [-0.4, -0.2) is 5.91 Å². The van der Waals surface area contributed by atoms with Crippen molar-refractivity contribution in [3.63, 3.8) is 0 Å². The largest absolute Gasteiger partial charge is 0.451 e. The zero-order valence-corrected chi connectivity index (χ0v) is 14.3. The molecule has 0 bridgehead atoms. The van der Waals surface area contributed by atoms with Gasteiger partial charge in [0.2, 0.25) is 0 Å². The van der Waals surface area contributed by atoms with Gasteiger partial charge in [0.15, 0.2) is 5.76 Å². The third-order valence-corrected chi connectivity index (χ3v) is 4.26. The summed E-state index contributed by atoms with van der Waals surface area (Å²) in [5, 5.41) is 0.907. The Morgan fingerprint density at radius 1 is 0.885 bits per heavy atom. The maximum Gasteiger partial charge on any atom is 0.298 e. The summed E-state index contributed by atoms with van der Waals surface area (Å²) < 4.78 is 5.84. The summed E-state index contributed by atoms with van der Waals surface area (Å²) in [5.74, 6) is 0.0705. The summed E-state index contributed by atoms with van der Waals surface area (Å²) in [6.45, 7) is 1.99. The number of nitrogen functional groups attached to an aromatic ring is 1. The smallest absolute Gasteiger partial charge is 0.298 e. The standard InChI is InChI=1S/C22H18N2O2/c1-15-7-8-16-14-21(26-20(16)13-15)22(25)24(18-5-3-2-4-6-18)19-11-9-17(23)10-12-19/h2-14H,23H2,1H3. The van der Waals surface area contributed by atoms with Gasteiger partial charge >= 0.3 is 0 Å². The topological polar surface area (TPSA) is 59.5 Å². The minimum atomic E-state index is -0.227. The Bertz CT molecular complexity index is 1070. The number of fused-ring (bicyclic) bond motifs is 1. The summed E-state index contributed by atoms with van der Waals surface area (Å²) in [7, 11) is 0. The maximum atomic E-state index is 13.3. The molecule has 0 atom stereocenters. The average Bonchev–Trinajstić information content (AvgIpc) is 3.07. The SMILES string of the molecule is Cc1ccc2cc(C(=O)N(c3ccccc3)c3ccc(N)cc3)oc2c1. The molecule has 0 saturated carbocycles. The van der Waals surface area contributed by atoms with E-state index in [1.54, 1.807) is 23.1 Å². The first kappa shape index (κ1) is 16.0. The van der Waals surface area contributed by atoms with Gasteiger partial charge in [0.1, 0.15) is 5.58 Å². The van der Waals surface area contributed by atoms with Crippen molar-refractivity contribution in [2.45, 2.75) is 6.92 Å². The lowest BCUT2D eigenvalue weighted by Gasteiger charge is -2.22. The number of para-hydroxylation sites is 1. The number of hydrogen-bond acceptors (Lipinski definition) is 3. The first-order chi connectivity index (χ1) is 12.6. The Kier molecular flexibility index (Phi) is 3.93. The lowest BCUT2D eigenvalue weighted by Crippen LogP contribution is -2.25. The number of amides is 1. The van der Waals surface area contributed by atoms with Gasteiger partial charge in [-0.15, -0.1) is 0 Å². The molecule has 0 unspecified atom stereocenters. The molecular weight excluding hydrogens is 324 g/mol. The van der Waals surface area contributed by atoms with Crippen molar-refractivity contribution >= 4 is 33.9 Å². The molecule has 2 N–H and O–H groups in total. The zero-order valence-electron chi connectivity index (χ0n) is 14.3. The molecular formula is C22H18N2O2. The summed E-state index contributed by atoms with van der Waals surface area (Å²) in [6.07, 6.45) is 0. The number of nitrogens with two attached hydrogens (primary N) is 1.